The summed E-state index contributed by atoms with van der Waals surface area (Å²) in [6, 6.07) is 12.5. The second-order valence-electron chi connectivity index (χ2n) is 6.43. The highest BCUT2D eigenvalue weighted by atomic mass is 35.5. The summed E-state index contributed by atoms with van der Waals surface area (Å²) < 4.78 is 39.7. The summed E-state index contributed by atoms with van der Waals surface area (Å²) in [6.07, 6.45) is -0.846. The van der Waals surface area contributed by atoms with Gasteiger partial charge < -0.3 is 0 Å². The van der Waals surface area contributed by atoms with Crippen molar-refractivity contribution in [1.82, 2.24) is 9.78 Å². The minimum absolute atomic E-state index is 0.241. The van der Waals surface area contributed by atoms with Gasteiger partial charge in [-0.1, -0.05) is 17.7 Å². The number of halogens is 4. The molecule has 1 atom stereocenters. The van der Waals surface area contributed by atoms with Crippen LogP contribution in [0.1, 0.15) is 23.7 Å². The Morgan fingerprint density at radius 3 is 2.48 bits per heavy atom. The van der Waals surface area contributed by atoms with Gasteiger partial charge in [0.05, 0.1) is 16.9 Å². The van der Waals surface area contributed by atoms with E-state index in [1.165, 1.54) is 29.1 Å². The molecule has 0 saturated heterocycles. The first kappa shape index (κ1) is 19.2. The van der Waals surface area contributed by atoms with Crippen molar-refractivity contribution >= 4 is 23.5 Å². The third kappa shape index (κ3) is 3.88. The number of hydrogen-bond acceptors (Lipinski definition) is 4. The predicted molar refractivity (Wildman–Crippen MR) is 105 cm³/mol. The number of benzene rings is 2. The van der Waals surface area contributed by atoms with Crippen LogP contribution in [0.15, 0.2) is 70.7 Å². The summed E-state index contributed by atoms with van der Waals surface area (Å²) in [5.74, 6) is 0. The third-order valence-corrected chi connectivity index (χ3v) is 4.75. The molecule has 3 aromatic rings. The summed E-state index contributed by atoms with van der Waals surface area (Å²) in [4.78, 5) is 12.5. The fourth-order valence-corrected chi connectivity index (χ4v) is 3.29. The zero-order valence-corrected chi connectivity index (χ0v) is 15.6. The van der Waals surface area contributed by atoms with Crippen LogP contribution in [0.2, 0.25) is 5.02 Å². The van der Waals surface area contributed by atoms with E-state index in [-0.39, 0.29) is 11.1 Å². The summed E-state index contributed by atoms with van der Waals surface area (Å²) in [7, 11) is 0. The second kappa shape index (κ2) is 7.36. The van der Waals surface area contributed by atoms with Gasteiger partial charge in [-0.15, -0.1) is 0 Å². The number of hydrazone groups is 1. The minimum atomic E-state index is -4.42. The minimum Gasteiger partial charge on any atom is -0.288 e. The van der Waals surface area contributed by atoms with Gasteiger partial charge >= 0.3 is 6.18 Å². The van der Waals surface area contributed by atoms with E-state index in [1.54, 1.807) is 29.4 Å². The lowest BCUT2D eigenvalue weighted by atomic mass is 10.1. The summed E-state index contributed by atoms with van der Waals surface area (Å²) in [5, 5.41) is 10.9. The average molecular weight is 419 g/mol. The van der Waals surface area contributed by atoms with Crippen LogP contribution >= 0.6 is 11.6 Å². The number of rotatable bonds is 3. The summed E-state index contributed by atoms with van der Waals surface area (Å²) in [5.41, 5.74) is 0.328. The van der Waals surface area contributed by atoms with Gasteiger partial charge in [0.2, 0.25) is 5.43 Å². The van der Waals surface area contributed by atoms with Crippen LogP contribution < -0.4 is 10.4 Å². The lowest BCUT2D eigenvalue weighted by molar-refractivity contribution is -0.137. The first-order chi connectivity index (χ1) is 13.8. The van der Waals surface area contributed by atoms with Crippen LogP contribution in [0, 0.1) is 0 Å². The highest BCUT2D eigenvalue weighted by Crippen LogP contribution is 2.32. The molecule has 0 amide bonds. The zero-order valence-electron chi connectivity index (χ0n) is 14.8. The second-order valence-corrected chi connectivity index (χ2v) is 6.86. The van der Waals surface area contributed by atoms with E-state index in [9.17, 15) is 18.0 Å². The Labute approximate surface area is 168 Å². The van der Waals surface area contributed by atoms with E-state index >= 15 is 0 Å². The molecule has 1 aromatic heterocycles. The van der Waals surface area contributed by atoms with Gasteiger partial charge in [0.25, 0.3) is 0 Å². The maximum atomic E-state index is 12.8. The Morgan fingerprint density at radius 2 is 1.79 bits per heavy atom. The largest absolute Gasteiger partial charge is 0.416 e. The van der Waals surface area contributed by atoms with E-state index in [2.05, 4.69) is 10.2 Å². The van der Waals surface area contributed by atoms with Crippen molar-refractivity contribution in [1.29, 1.82) is 0 Å². The first-order valence-corrected chi connectivity index (χ1v) is 9.05. The molecule has 1 aliphatic heterocycles. The standard InChI is InChI=1S/C20H14ClF3N4O/c21-14-2-1-3-16(12-14)28-17(8-10-25-28)19-18(29)9-11-27(26-19)15-6-4-13(5-7-15)20(22,23)24/h1-7,9-12,17H,8H2. The normalized spacial score (nSPS) is 16.4. The van der Waals surface area contributed by atoms with Crippen LogP contribution in [0.5, 0.6) is 0 Å². The number of aromatic nitrogens is 2. The Balaban J connectivity index is 1.69. The van der Waals surface area contributed by atoms with E-state index in [1.807, 2.05) is 6.07 Å². The molecule has 0 fully saturated rings. The van der Waals surface area contributed by atoms with Gasteiger partial charge in [0.15, 0.2) is 0 Å². The van der Waals surface area contributed by atoms with Crippen LogP contribution in [0.3, 0.4) is 0 Å². The van der Waals surface area contributed by atoms with E-state index in [0.29, 0.717) is 22.8 Å². The highest BCUT2D eigenvalue weighted by molar-refractivity contribution is 6.30. The lowest BCUT2D eigenvalue weighted by Crippen LogP contribution is -2.27. The Morgan fingerprint density at radius 1 is 1.03 bits per heavy atom. The molecule has 148 valence electrons. The highest BCUT2D eigenvalue weighted by Gasteiger charge is 2.30. The molecule has 0 bridgehead atoms. The molecule has 0 saturated carbocycles. The molecule has 0 N–H and O–H groups in total. The molecule has 5 nitrogen and oxygen atoms in total. The SMILES string of the molecule is O=c1ccn(-c2ccc(C(F)(F)F)cc2)nc1C1CC=NN1c1cccc(Cl)c1. The first-order valence-electron chi connectivity index (χ1n) is 8.68. The lowest BCUT2D eigenvalue weighted by Gasteiger charge is -2.23. The molecule has 0 aliphatic carbocycles. The molecular weight excluding hydrogens is 405 g/mol. The molecule has 0 spiro atoms. The number of anilines is 1. The zero-order chi connectivity index (χ0) is 20.6. The van der Waals surface area contributed by atoms with Crippen molar-refractivity contribution < 1.29 is 13.2 Å². The van der Waals surface area contributed by atoms with Crippen LogP contribution in [-0.4, -0.2) is 16.0 Å². The molecule has 1 unspecified atom stereocenters. The Kier molecular flexibility index (Phi) is 4.87. The van der Waals surface area contributed by atoms with Gasteiger partial charge in [-0.05, 0) is 42.5 Å². The Hall–Kier alpha value is -3.13. The molecule has 9 heteroatoms. The van der Waals surface area contributed by atoms with Gasteiger partial charge in [0.1, 0.15) is 11.7 Å². The molecule has 1 aliphatic rings. The summed E-state index contributed by atoms with van der Waals surface area (Å²) >= 11 is 6.06. The van der Waals surface area contributed by atoms with Crippen LogP contribution in [-0.2, 0) is 6.18 Å². The number of nitrogens with zero attached hydrogens (tertiary/aromatic N) is 4. The van der Waals surface area contributed by atoms with Gasteiger partial charge in [-0.3, -0.25) is 9.80 Å². The average Bonchev–Trinajstić information content (AvgIpc) is 3.17. The van der Waals surface area contributed by atoms with Gasteiger partial charge in [-0.2, -0.15) is 23.4 Å². The van der Waals surface area contributed by atoms with Crippen molar-refractivity contribution in [3.8, 4) is 5.69 Å². The van der Waals surface area contributed by atoms with Gasteiger partial charge in [0, 0.05) is 29.9 Å². The van der Waals surface area contributed by atoms with E-state index in [0.717, 1.165) is 12.1 Å². The number of hydrogen-bond donors (Lipinski definition) is 0. The van der Waals surface area contributed by atoms with Crippen molar-refractivity contribution in [2.45, 2.75) is 18.6 Å². The molecule has 0 radical (unpaired) electrons. The van der Waals surface area contributed by atoms with E-state index in [4.69, 9.17) is 11.6 Å². The number of alkyl halides is 3. The van der Waals surface area contributed by atoms with E-state index < -0.39 is 17.8 Å². The fourth-order valence-electron chi connectivity index (χ4n) is 3.11. The predicted octanol–water partition coefficient (Wildman–Crippen LogP) is 4.84. The van der Waals surface area contributed by atoms with Crippen molar-refractivity contribution in [2.24, 2.45) is 5.10 Å². The topological polar surface area (TPSA) is 50.5 Å². The fraction of sp³-hybridized carbons (Fsp3) is 0.150. The quantitative estimate of drug-likeness (QED) is 0.611. The summed E-state index contributed by atoms with van der Waals surface area (Å²) in [6.45, 7) is 0. The molecule has 4 rings (SSSR count). The van der Waals surface area contributed by atoms with Crippen LogP contribution in [0.25, 0.3) is 5.69 Å². The molecule has 2 aromatic carbocycles. The maximum absolute atomic E-state index is 12.8. The van der Waals surface area contributed by atoms with Crippen molar-refractivity contribution in [3.63, 3.8) is 0 Å². The van der Waals surface area contributed by atoms with Gasteiger partial charge in [-0.25, -0.2) is 4.68 Å². The molecule has 29 heavy (non-hydrogen) atoms. The maximum Gasteiger partial charge on any atom is 0.416 e. The van der Waals surface area contributed by atoms with Crippen molar-refractivity contribution in [2.75, 3.05) is 5.01 Å². The smallest absolute Gasteiger partial charge is 0.288 e. The van der Waals surface area contributed by atoms with Crippen molar-refractivity contribution in [3.05, 3.63) is 87.3 Å². The third-order valence-electron chi connectivity index (χ3n) is 4.51. The Bertz CT molecular complexity index is 1130. The molecule has 2 heterocycles. The monoisotopic (exact) mass is 418 g/mol. The van der Waals surface area contributed by atoms with Crippen LogP contribution in [0.4, 0.5) is 18.9 Å². The molecular formula is C20H14ClF3N4O.